The zero-order chi connectivity index (χ0) is 7.84. The summed E-state index contributed by atoms with van der Waals surface area (Å²) in [6.45, 7) is 0.413. The number of benzene rings is 1. The van der Waals surface area contributed by atoms with Crippen LogP contribution >= 0.6 is 11.6 Å². The Morgan fingerprint density at radius 3 is 3.09 bits per heavy atom. The highest BCUT2D eigenvalue weighted by Gasteiger charge is 2.28. The zero-order valence-corrected chi connectivity index (χ0v) is 6.51. The first kappa shape index (κ1) is 7.16. The second kappa shape index (κ2) is 2.52. The van der Waals surface area contributed by atoms with Gasteiger partial charge >= 0.3 is 7.12 Å². The highest BCUT2D eigenvalue weighted by Crippen LogP contribution is 2.18. The molecule has 0 aromatic heterocycles. The van der Waals surface area contributed by atoms with E-state index in [4.69, 9.17) is 16.3 Å². The van der Waals surface area contributed by atoms with Gasteiger partial charge in [-0.3, -0.25) is 0 Å². The van der Waals surface area contributed by atoms with Crippen LogP contribution in [0.5, 0.6) is 0 Å². The third-order valence-corrected chi connectivity index (χ3v) is 2.16. The molecule has 2 nitrogen and oxygen atoms in total. The van der Waals surface area contributed by atoms with Gasteiger partial charge in [0.05, 0.1) is 6.61 Å². The Hall–Kier alpha value is -0.505. The Kier molecular flexibility index (Phi) is 1.64. The molecule has 1 heterocycles. The van der Waals surface area contributed by atoms with Crippen LogP contribution in [0.1, 0.15) is 5.56 Å². The van der Waals surface area contributed by atoms with Gasteiger partial charge in [0.25, 0.3) is 0 Å². The van der Waals surface area contributed by atoms with Gasteiger partial charge in [0, 0.05) is 5.02 Å². The lowest BCUT2D eigenvalue weighted by Crippen LogP contribution is -2.27. The SMILES string of the molecule is OB1OCc2c(Cl)cccc21. The van der Waals surface area contributed by atoms with Gasteiger partial charge in [-0.15, -0.1) is 0 Å². The molecule has 2 rings (SSSR count). The molecule has 0 radical (unpaired) electrons. The quantitative estimate of drug-likeness (QED) is 0.574. The van der Waals surface area contributed by atoms with Crippen molar-refractivity contribution in [3.8, 4) is 0 Å². The molecule has 4 heteroatoms. The first-order valence-electron chi connectivity index (χ1n) is 3.36. The van der Waals surface area contributed by atoms with Crippen LogP contribution in [0, 0.1) is 0 Å². The molecular formula is C7H6BClO2. The van der Waals surface area contributed by atoms with E-state index in [1.54, 1.807) is 12.1 Å². The minimum absolute atomic E-state index is 0.413. The van der Waals surface area contributed by atoms with Gasteiger partial charge in [-0.25, -0.2) is 0 Å². The van der Waals surface area contributed by atoms with Crippen LogP contribution in [0.15, 0.2) is 18.2 Å². The van der Waals surface area contributed by atoms with Crippen molar-refractivity contribution in [2.24, 2.45) is 0 Å². The van der Waals surface area contributed by atoms with E-state index < -0.39 is 7.12 Å². The second-order valence-electron chi connectivity index (χ2n) is 2.47. The van der Waals surface area contributed by atoms with Crippen molar-refractivity contribution >= 4 is 24.2 Å². The van der Waals surface area contributed by atoms with Crippen molar-refractivity contribution in [3.05, 3.63) is 28.8 Å². The van der Waals surface area contributed by atoms with Gasteiger partial charge < -0.3 is 9.68 Å². The summed E-state index contributed by atoms with van der Waals surface area (Å²) in [5.74, 6) is 0. The van der Waals surface area contributed by atoms with Gasteiger partial charge in [-0.1, -0.05) is 23.7 Å². The van der Waals surface area contributed by atoms with Crippen LogP contribution in [0.4, 0.5) is 0 Å². The number of rotatable bonds is 0. The largest absolute Gasteiger partial charge is 0.491 e. The fraction of sp³-hybridized carbons (Fsp3) is 0.143. The Labute approximate surface area is 69.9 Å². The molecule has 1 aliphatic rings. The predicted octanol–water partition coefficient (Wildman–Crippen LogP) is 0.558. The summed E-state index contributed by atoms with van der Waals surface area (Å²) in [6, 6.07) is 5.42. The summed E-state index contributed by atoms with van der Waals surface area (Å²) >= 11 is 5.84. The highest BCUT2D eigenvalue weighted by atomic mass is 35.5. The van der Waals surface area contributed by atoms with Crippen LogP contribution in [-0.2, 0) is 11.3 Å². The summed E-state index contributed by atoms with van der Waals surface area (Å²) in [5, 5.41) is 9.89. The summed E-state index contributed by atoms with van der Waals surface area (Å²) < 4.78 is 4.98. The lowest BCUT2D eigenvalue weighted by atomic mass is 9.80. The molecule has 0 spiro atoms. The highest BCUT2D eigenvalue weighted by molar-refractivity contribution is 6.62. The average molecular weight is 168 g/mol. The maximum atomic E-state index is 9.22. The normalized spacial score (nSPS) is 15.3. The molecule has 56 valence electrons. The van der Waals surface area contributed by atoms with Crippen molar-refractivity contribution in [3.63, 3.8) is 0 Å². The van der Waals surface area contributed by atoms with E-state index in [0.717, 1.165) is 11.0 Å². The van der Waals surface area contributed by atoms with Crippen molar-refractivity contribution in [2.45, 2.75) is 6.61 Å². The Morgan fingerprint density at radius 1 is 1.55 bits per heavy atom. The molecule has 0 saturated heterocycles. The van der Waals surface area contributed by atoms with Gasteiger partial charge in [-0.05, 0) is 17.1 Å². The fourth-order valence-electron chi connectivity index (χ4n) is 1.21. The van der Waals surface area contributed by atoms with Crippen LogP contribution in [0.3, 0.4) is 0 Å². The first-order chi connectivity index (χ1) is 5.29. The molecule has 0 atom stereocenters. The number of hydrogen-bond donors (Lipinski definition) is 1. The van der Waals surface area contributed by atoms with E-state index in [1.807, 2.05) is 6.07 Å². The lowest BCUT2D eigenvalue weighted by molar-refractivity contribution is 0.275. The number of hydrogen-bond acceptors (Lipinski definition) is 2. The van der Waals surface area contributed by atoms with E-state index in [0.29, 0.717) is 11.6 Å². The molecule has 0 saturated carbocycles. The van der Waals surface area contributed by atoms with Crippen molar-refractivity contribution in [1.29, 1.82) is 0 Å². The smallest absolute Gasteiger partial charge is 0.423 e. The fourth-order valence-corrected chi connectivity index (χ4v) is 1.45. The summed E-state index contributed by atoms with van der Waals surface area (Å²) in [7, 11) is -0.788. The van der Waals surface area contributed by atoms with Crippen LogP contribution in [-0.4, -0.2) is 12.1 Å². The Morgan fingerprint density at radius 2 is 2.36 bits per heavy atom. The maximum absolute atomic E-state index is 9.22. The molecule has 0 bridgehead atoms. The monoisotopic (exact) mass is 168 g/mol. The Balaban J connectivity index is 2.57. The third kappa shape index (κ3) is 1.05. The maximum Gasteiger partial charge on any atom is 0.491 e. The summed E-state index contributed by atoms with van der Waals surface area (Å²) in [6.07, 6.45) is 0. The average Bonchev–Trinajstić information content (AvgIpc) is 2.35. The van der Waals surface area contributed by atoms with Crippen molar-refractivity contribution < 1.29 is 9.68 Å². The van der Waals surface area contributed by atoms with Crippen molar-refractivity contribution in [1.82, 2.24) is 0 Å². The van der Waals surface area contributed by atoms with E-state index in [2.05, 4.69) is 0 Å². The van der Waals surface area contributed by atoms with Gasteiger partial charge in [-0.2, -0.15) is 0 Å². The standard InChI is InChI=1S/C7H6BClO2/c9-7-3-1-2-6-5(7)4-11-8(6)10/h1-3,10H,4H2. The number of halogens is 1. The zero-order valence-electron chi connectivity index (χ0n) is 5.75. The lowest BCUT2D eigenvalue weighted by Gasteiger charge is -1.97. The Bertz CT molecular complexity index is 290. The van der Waals surface area contributed by atoms with Crippen LogP contribution < -0.4 is 5.46 Å². The van der Waals surface area contributed by atoms with Gasteiger partial charge in [0.15, 0.2) is 0 Å². The molecule has 0 aliphatic carbocycles. The van der Waals surface area contributed by atoms with E-state index in [1.165, 1.54) is 0 Å². The van der Waals surface area contributed by atoms with Gasteiger partial charge in [0.2, 0.25) is 0 Å². The van der Waals surface area contributed by atoms with E-state index in [-0.39, 0.29) is 0 Å². The van der Waals surface area contributed by atoms with Crippen molar-refractivity contribution in [2.75, 3.05) is 0 Å². The third-order valence-electron chi connectivity index (χ3n) is 1.81. The van der Waals surface area contributed by atoms with Gasteiger partial charge in [0.1, 0.15) is 0 Å². The van der Waals surface area contributed by atoms with Crippen LogP contribution in [0.2, 0.25) is 5.02 Å². The first-order valence-corrected chi connectivity index (χ1v) is 3.74. The minimum atomic E-state index is -0.788. The molecule has 1 aliphatic heterocycles. The second-order valence-corrected chi connectivity index (χ2v) is 2.88. The molecule has 0 fully saturated rings. The molecule has 0 unspecified atom stereocenters. The van der Waals surface area contributed by atoms with E-state index >= 15 is 0 Å². The van der Waals surface area contributed by atoms with E-state index in [9.17, 15) is 5.02 Å². The molecule has 1 N–H and O–H groups in total. The minimum Gasteiger partial charge on any atom is -0.423 e. The number of fused-ring (bicyclic) bond motifs is 1. The topological polar surface area (TPSA) is 29.5 Å². The summed E-state index contributed by atoms with van der Waals surface area (Å²) in [4.78, 5) is 0. The molecule has 0 amide bonds. The molecule has 11 heavy (non-hydrogen) atoms. The van der Waals surface area contributed by atoms with Crippen LogP contribution in [0.25, 0.3) is 0 Å². The predicted molar refractivity (Wildman–Crippen MR) is 43.8 cm³/mol. The molecule has 1 aromatic rings. The molecule has 1 aromatic carbocycles. The summed E-state index contributed by atoms with van der Waals surface area (Å²) in [5.41, 5.74) is 1.69. The molecular weight excluding hydrogens is 162 g/mol.